The van der Waals surface area contributed by atoms with E-state index in [1.807, 2.05) is 0 Å². The first-order chi connectivity index (χ1) is 6.48. The largest absolute Gasteiger partial charge is 0.805 e. The number of para-hydroxylation sites is 1. The highest BCUT2D eigenvalue weighted by Crippen LogP contribution is 2.30. The maximum atomic E-state index is 10.8. The summed E-state index contributed by atoms with van der Waals surface area (Å²) in [6.07, 6.45) is 0. The number of rotatable bonds is 1. The molecule has 1 atom stereocenters. The van der Waals surface area contributed by atoms with Crippen LogP contribution in [0.4, 0.5) is 0 Å². The fourth-order valence-electron chi connectivity index (χ4n) is 1.03. The Balaban J connectivity index is 2.98. The molecular weight excluding hydrogens is 231 g/mol. The molecule has 1 aromatic heterocycles. The zero-order valence-electron chi connectivity index (χ0n) is 6.58. The fourth-order valence-corrected chi connectivity index (χ4v) is 2.40. The SMILES string of the molecule is O=[p+]1oc2cccc(S(=O)(=O)O)c2o1. The van der Waals surface area contributed by atoms with E-state index in [2.05, 4.69) is 8.39 Å². The van der Waals surface area contributed by atoms with Gasteiger partial charge in [-0.1, -0.05) is 6.07 Å². The van der Waals surface area contributed by atoms with E-state index in [4.69, 9.17) is 4.55 Å². The molecule has 1 unspecified atom stereocenters. The van der Waals surface area contributed by atoms with Crippen molar-refractivity contribution in [3.63, 3.8) is 0 Å². The predicted molar refractivity (Wildman–Crippen MR) is 45.9 cm³/mol. The molecule has 0 aliphatic heterocycles. The van der Waals surface area contributed by atoms with Gasteiger partial charge in [0.25, 0.3) is 15.7 Å². The van der Waals surface area contributed by atoms with E-state index in [-0.39, 0.29) is 11.2 Å². The molecular formula is C6H4O6PS+. The highest BCUT2D eigenvalue weighted by atomic mass is 32.2. The Hall–Kier alpha value is -1.17. The van der Waals surface area contributed by atoms with Crippen molar-refractivity contribution in [2.75, 3.05) is 0 Å². The zero-order chi connectivity index (χ0) is 10.3. The van der Waals surface area contributed by atoms with Gasteiger partial charge in [0.1, 0.15) is 4.90 Å². The quantitative estimate of drug-likeness (QED) is 0.759. The van der Waals surface area contributed by atoms with Crippen LogP contribution in [0, 0.1) is 0 Å². The molecule has 0 saturated heterocycles. The van der Waals surface area contributed by atoms with E-state index >= 15 is 0 Å². The van der Waals surface area contributed by atoms with E-state index in [1.54, 1.807) is 0 Å². The van der Waals surface area contributed by atoms with Gasteiger partial charge in [0.05, 0.1) is 0 Å². The Morgan fingerprint density at radius 1 is 1.29 bits per heavy atom. The molecule has 0 radical (unpaired) electrons. The summed E-state index contributed by atoms with van der Waals surface area (Å²) in [5.74, 6) is 0. The van der Waals surface area contributed by atoms with Crippen LogP contribution in [0.5, 0.6) is 0 Å². The molecule has 0 saturated carbocycles. The molecule has 6 nitrogen and oxygen atoms in total. The van der Waals surface area contributed by atoms with Crippen LogP contribution in [0.3, 0.4) is 0 Å². The molecule has 8 heteroatoms. The predicted octanol–water partition coefficient (Wildman–Crippen LogP) is 2.01. The van der Waals surface area contributed by atoms with Crippen molar-refractivity contribution in [1.29, 1.82) is 0 Å². The van der Waals surface area contributed by atoms with E-state index in [0.717, 1.165) is 6.07 Å². The van der Waals surface area contributed by atoms with Crippen LogP contribution in [-0.2, 0) is 14.7 Å². The maximum absolute atomic E-state index is 10.8. The smallest absolute Gasteiger partial charge is 0.282 e. The van der Waals surface area contributed by atoms with Gasteiger partial charge < -0.3 is 0 Å². The lowest BCUT2D eigenvalue weighted by atomic mass is 10.3. The van der Waals surface area contributed by atoms with Gasteiger partial charge in [0, 0.05) is 4.57 Å². The van der Waals surface area contributed by atoms with Gasteiger partial charge in [-0.15, -0.1) is 0 Å². The minimum atomic E-state index is -4.39. The number of fused-ring (bicyclic) bond motifs is 1. The Morgan fingerprint density at radius 2 is 2.00 bits per heavy atom. The second kappa shape index (κ2) is 2.91. The minimum Gasteiger partial charge on any atom is -0.282 e. The third-order valence-electron chi connectivity index (χ3n) is 1.56. The third kappa shape index (κ3) is 1.45. The first kappa shape index (κ1) is 9.39. The lowest BCUT2D eigenvalue weighted by Crippen LogP contribution is -1.97. The second-order valence-electron chi connectivity index (χ2n) is 2.46. The van der Waals surface area contributed by atoms with Crippen molar-refractivity contribution in [2.45, 2.75) is 4.90 Å². The monoisotopic (exact) mass is 235 g/mol. The van der Waals surface area contributed by atoms with Crippen molar-refractivity contribution in [3.05, 3.63) is 18.2 Å². The first-order valence-corrected chi connectivity index (χ1v) is 5.96. The average Bonchev–Trinajstić information content (AvgIpc) is 2.41. The maximum Gasteiger partial charge on any atom is 0.805 e. The standard InChI is InChI=1S/C6H3O6PS/c7-13-11-4-2-1-3-5(6(4)12-13)14(8,9)10/h1-3H/p+1. The molecule has 0 fully saturated rings. The van der Waals surface area contributed by atoms with E-state index < -0.39 is 22.9 Å². The Kier molecular flexibility index (Phi) is 1.95. The fraction of sp³-hybridized carbons (Fsp3) is 0. The highest BCUT2D eigenvalue weighted by Gasteiger charge is 2.23. The van der Waals surface area contributed by atoms with Crippen molar-refractivity contribution in [3.8, 4) is 0 Å². The van der Waals surface area contributed by atoms with Gasteiger partial charge in [0.2, 0.25) is 5.58 Å². The molecule has 2 rings (SSSR count). The molecule has 0 amide bonds. The molecule has 1 aromatic carbocycles. The molecule has 1 heterocycles. The van der Waals surface area contributed by atoms with Crippen LogP contribution in [-0.4, -0.2) is 13.0 Å². The van der Waals surface area contributed by atoms with E-state index in [9.17, 15) is 13.0 Å². The molecule has 2 aromatic rings. The lowest BCUT2D eigenvalue weighted by molar-refractivity contribution is 0.482. The summed E-state index contributed by atoms with van der Waals surface area (Å²) < 4.78 is 50.5. The number of hydrogen-bond acceptors (Lipinski definition) is 5. The van der Waals surface area contributed by atoms with Crippen molar-refractivity contribution in [2.24, 2.45) is 0 Å². The summed E-state index contributed by atoms with van der Waals surface area (Å²) in [5.41, 5.74) is -0.169. The van der Waals surface area contributed by atoms with E-state index in [0.29, 0.717) is 0 Å². The van der Waals surface area contributed by atoms with Crippen molar-refractivity contribution < 1.29 is 25.9 Å². The van der Waals surface area contributed by atoms with Crippen LogP contribution in [0.2, 0.25) is 0 Å². The summed E-state index contributed by atoms with van der Waals surface area (Å²) in [6.45, 7) is 0. The third-order valence-corrected chi connectivity index (χ3v) is 3.11. The highest BCUT2D eigenvalue weighted by molar-refractivity contribution is 7.86. The number of hydrogen-bond donors (Lipinski definition) is 1. The summed E-state index contributed by atoms with van der Waals surface area (Å²) in [4.78, 5) is -0.448. The van der Waals surface area contributed by atoms with E-state index in [1.165, 1.54) is 12.1 Å². The Bertz CT molecular complexity index is 636. The molecule has 14 heavy (non-hydrogen) atoms. The molecule has 0 aliphatic rings. The first-order valence-electron chi connectivity index (χ1n) is 3.42. The van der Waals surface area contributed by atoms with Gasteiger partial charge >= 0.3 is 7.89 Å². The topological polar surface area (TPSA) is 97.7 Å². The molecule has 1 N–H and O–H groups in total. The lowest BCUT2D eigenvalue weighted by Gasteiger charge is -1.92. The Labute approximate surface area is 78.8 Å². The average molecular weight is 235 g/mol. The van der Waals surface area contributed by atoms with Gasteiger partial charge in [-0.05, 0) is 12.1 Å². The minimum absolute atomic E-state index is 0.0428. The van der Waals surface area contributed by atoms with Crippen LogP contribution in [0.25, 0.3) is 11.2 Å². The van der Waals surface area contributed by atoms with Crippen molar-refractivity contribution >= 4 is 29.2 Å². The normalized spacial score (nSPS) is 13.4. The molecule has 0 spiro atoms. The Morgan fingerprint density at radius 3 is 2.64 bits per heavy atom. The summed E-state index contributed by atoms with van der Waals surface area (Å²) in [5, 5.41) is 0. The second-order valence-corrected chi connectivity index (χ2v) is 4.67. The van der Waals surface area contributed by atoms with Gasteiger partial charge in [-0.25, -0.2) is 8.39 Å². The van der Waals surface area contributed by atoms with Gasteiger partial charge in [-0.3, -0.25) is 4.55 Å². The van der Waals surface area contributed by atoms with Crippen molar-refractivity contribution in [1.82, 2.24) is 0 Å². The molecule has 0 bridgehead atoms. The van der Waals surface area contributed by atoms with Gasteiger partial charge in [0.15, 0.2) is 0 Å². The van der Waals surface area contributed by atoms with Crippen LogP contribution in [0.1, 0.15) is 0 Å². The molecule has 0 aliphatic carbocycles. The van der Waals surface area contributed by atoms with Gasteiger partial charge in [-0.2, -0.15) is 8.42 Å². The van der Waals surface area contributed by atoms with Crippen LogP contribution >= 0.6 is 7.89 Å². The van der Waals surface area contributed by atoms with Crippen LogP contribution < -0.4 is 0 Å². The summed E-state index contributed by atoms with van der Waals surface area (Å²) >= 11 is 0. The number of benzene rings is 1. The molecule has 74 valence electrons. The summed E-state index contributed by atoms with van der Waals surface area (Å²) in [7, 11) is -6.77. The van der Waals surface area contributed by atoms with Crippen LogP contribution in [0.15, 0.2) is 31.5 Å². The zero-order valence-corrected chi connectivity index (χ0v) is 8.29. The summed E-state index contributed by atoms with van der Waals surface area (Å²) in [6, 6.07) is 3.87.